The summed E-state index contributed by atoms with van der Waals surface area (Å²) in [4.78, 5) is 4.28. The number of nitrogens with one attached hydrogen (secondary N) is 2. The molecular formula is C22H30ClN3O2. The van der Waals surface area contributed by atoms with Gasteiger partial charge in [-0.15, -0.1) is 0 Å². The summed E-state index contributed by atoms with van der Waals surface area (Å²) in [5.74, 6) is 0.769. The summed E-state index contributed by atoms with van der Waals surface area (Å²) in [5, 5.41) is 7.47. The second-order valence-electron chi connectivity index (χ2n) is 6.26. The summed E-state index contributed by atoms with van der Waals surface area (Å²) in [6.45, 7) is 5.99. The molecule has 0 aliphatic heterocycles. The lowest BCUT2D eigenvalue weighted by Crippen LogP contribution is -2.37. The molecule has 5 nitrogen and oxygen atoms in total. The average molecular weight is 404 g/mol. The van der Waals surface area contributed by atoms with Crippen molar-refractivity contribution in [2.75, 3.05) is 33.4 Å². The number of halogens is 1. The standard InChI is InChI=1S/C22H30ClN3O2/c1-3-27-13-14-28-17-19-8-6-7-18(15-19)16-26-22(24-2)25-12-11-20-9-4-5-10-21(20)23/h4-10,15H,3,11-14,16-17H2,1-2H3,(H2,24,25,26). The van der Waals surface area contributed by atoms with Crippen LogP contribution >= 0.6 is 11.6 Å². The lowest BCUT2D eigenvalue weighted by Gasteiger charge is -2.13. The molecule has 0 saturated heterocycles. The highest BCUT2D eigenvalue weighted by Gasteiger charge is 2.02. The first-order chi connectivity index (χ1) is 13.7. The molecule has 0 radical (unpaired) electrons. The molecule has 0 bridgehead atoms. The highest BCUT2D eigenvalue weighted by Crippen LogP contribution is 2.14. The molecular weight excluding hydrogens is 374 g/mol. The molecule has 2 N–H and O–H groups in total. The topological polar surface area (TPSA) is 54.9 Å². The van der Waals surface area contributed by atoms with Crippen molar-refractivity contribution in [3.05, 3.63) is 70.2 Å². The molecule has 0 heterocycles. The summed E-state index contributed by atoms with van der Waals surface area (Å²) >= 11 is 6.20. The summed E-state index contributed by atoms with van der Waals surface area (Å²) in [5.41, 5.74) is 3.46. The third kappa shape index (κ3) is 8.30. The number of hydrogen-bond acceptors (Lipinski definition) is 3. The van der Waals surface area contributed by atoms with Crippen molar-refractivity contribution in [3.63, 3.8) is 0 Å². The maximum atomic E-state index is 6.20. The van der Waals surface area contributed by atoms with E-state index in [1.54, 1.807) is 7.05 Å². The van der Waals surface area contributed by atoms with E-state index < -0.39 is 0 Å². The van der Waals surface area contributed by atoms with E-state index in [-0.39, 0.29) is 0 Å². The molecule has 0 unspecified atom stereocenters. The summed E-state index contributed by atoms with van der Waals surface area (Å²) in [7, 11) is 1.77. The molecule has 0 aliphatic rings. The van der Waals surface area contributed by atoms with Crippen molar-refractivity contribution in [2.24, 2.45) is 4.99 Å². The number of rotatable bonds is 11. The van der Waals surface area contributed by atoms with Crippen LogP contribution < -0.4 is 10.6 Å². The molecule has 152 valence electrons. The summed E-state index contributed by atoms with van der Waals surface area (Å²) in [6, 6.07) is 16.3. The predicted octanol–water partition coefficient (Wildman–Crippen LogP) is 3.80. The van der Waals surface area contributed by atoms with Crippen molar-refractivity contribution in [2.45, 2.75) is 26.5 Å². The smallest absolute Gasteiger partial charge is 0.191 e. The van der Waals surface area contributed by atoms with Gasteiger partial charge in [0.2, 0.25) is 0 Å². The fourth-order valence-electron chi connectivity index (χ4n) is 2.70. The van der Waals surface area contributed by atoms with E-state index in [1.807, 2.05) is 37.3 Å². The van der Waals surface area contributed by atoms with Gasteiger partial charge >= 0.3 is 0 Å². The SMILES string of the molecule is CCOCCOCc1cccc(CNC(=NC)NCCc2ccccc2Cl)c1. The van der Waals surface area contributed by atoms with Crippen LogP contribution in [0, 0.1) is 0 Å². The molecule has 2 rings (SSSR count). The quantitative estimate of drug-likeness (QED) is 0.340. The first kappa shape index (κ1) is 22.2. The number of guanidine groups is 1. The predicted molar refractivity (Wildman–Crippen MR) is 116 cm³/mol. The molecule has 0 aromatic heterocycles. The molecule has 2 aromatic rings. The van der Waals surface area contributed by atoms with Crippen molar-refractivity contribution in [3.8, 4) is 0 Å². The highest BCUT2D eigenvalue weighted by molar-refractivity contribution is 6.31. The van der Waals surface area contributed by atoms with Crippen LogP contribution in [0.5, 0.6) is 0 Å². The van der Waals surface area contributed by atoms with Crippen LogP contribution in [-0.4, -0.2) is 39.4 Å². The van der Waals surface area contributed by atoms with Crippen LogP contribution in [0.3, 0.4) is 0 Å². The van der Waals surface area contributed by atoms with Crippen molar-refractivity contribution < 1.29 is 9.47 Å². The van der Waals surface area contributed by atoms with Gasteiger partial charge in [-0.05, 0) is 36.1 Å². The van der Waals surface area contributed by atoms with Crippen molar-refractivity contribution >= 4 is 17.6 Å². The minimum Gasteiger partial charge on any atom is -0.379 e. The lowest BCUT2D eigenvalue weighted by atomic mass is 10.1. The van der Waals surface area contributed by atoms with Crippen molar-refractivity contribution in [1.82, 2.24) is 10.6 Å². The molecule has 0 amide bonds. The van der Waals surface area contributed by atoms with Crippen LogP contribution in [0.2, 0.25) is 5.02 Å². The number of benzene rings is 2. The lowest BCUT2D eigenvalue weighted by molar-refractivity contribution is 0.0453. The number of nitrogens with zero attached hydrogens (tertiary/aromatic N) is 1. The van der Waals surface area contributed by atoms with E-state index in [4.69, 9.17) is 21.1 Å². The third-order valence-corrected chi connectivity index (χ3v) is 4.53. The van der Waals surface area contributed by atoms with Gasteiger partial charge in [0.1, 0.15) is 0 Å². The Labute approximate surface area is 173 Å². The minimum atomic E-state index is 0.589. The van der Waals surface area contributed by atoms with Crippen LogP contribution in [0.15, 0.2) is 53.5 Å². The van der Waals surface area contributed by atoms with Gasteiger partial charge in [0.25, 0.3) is 0 Å². The van der Waals surface area contributed by atoms with Gasteiger partial charge in [-0.3, -0.25) is 4.99 Å². The van der Waals surface area contributed by atoms with Gasteiger partial charge in [-0.25, -0.2) is 0 Å². The van der Waals surface area contributed by atoms with E-state index in [0.717, 1.165) is 41.7 Å². The molecule has 0 aliphatic carbocycles. The molecule has 6 heteroatoms. The van der Waals surface area contributed by atoms with E-state index in [9.17, 15) is 0 Å². The normalized spacial score (nSPS) is 11.5. The molecule has 0 saturated carbocycles. The molecule has 2 aromatic carbocycles. The van der Waals surface area contributed by atoms with Gasteiger partial charge in [-0.2, -0.15) is 0 Å². The van der Waals surface area contributed by atoms with Crippen LogP contribution in [0.4, 0.5) is 0 Å². The minimum absolute atomic E-state index is 0.589. The monoisotopic (exact) mass is 403 g/mol. The van der Waals surface area contributed by atoms with Crippen LogP contribution in [-0.2, 0) is 29.0 Å². The molecule has 0 fully saturated rings. The first-order valence-corrected chi connectivity index (χ1v) is 10.0. The maximum Gasteiger partial charge on any atom is 0.191 e. The van der Waals surface area contributed by atoms with Gasteiger partial charge in [0.05, 0.1) is 19.8 Å². The average Bonchev–Trinajstić information content (AvgIpc) is 2.72. The Bertz CT molecular complexity index is 737. The van der Waals surface area contributed by atoms with E-state index in [0.29, 0.717) is 26.4 Å². The fourth-order valence-corrected chi connectivity index (χ4v) is 2.93. The molecule has 0 spiro atoms. The zero-order chi connectivity index (χ0) is 20.0. The highest BCUT2D eigenvalue weighted by atomic mass is 35.5. The summed E-state index contributed by atoms with van der Waals surface area (Å²) in [6.07, 6.45) is 0.842. The Morgan fingerprint density at radius 1 is 1.00 bits per heavy atom. The van der Waals surface area contributed by atoms with Gasteiger partial charge in [0, 0.05) is 31.8 Å². The van der Waals surface area contributed by atoms with Gasteiger partial charge < -0.3 is 20.1 Å². The Balaban J connectivity index is 1.73. The Hall–Kier alpha value is -2.08. The van der Waals surface area contributed by atoms with E-state index >= 15 is 0 Å². The zero-order valence-electron chi connectivity index (χ0n) is 16.7. The Kier molecular flexibility index (Phi) is 10.4. The largest absolute Gasteiger partial charge is 0.379 e. The van der Waals surface area contributed by atoms with Crippen molar-refractivity contribution in [1.29, 1.82) is 0 Å². The molecule has 0 atom stereocenters. The zero-order valence-corrected chi connectivity index (χ0v) is 17.5. The third-order valence-electron chi connectivity index (χ3n) is 4.16. The molecule has 28 heavy (non-hydrogen) atoms. The Morgan fingerprint density at radius 2 is 1.79 bits per heavy atom. The fraction of sp³-hybridized carbons (Fsp3) is 0.409. The summed E-state index contributed by atoms with van der Waals surface area (Å²) < 4.78 is 10.9. The Morgan fingerprint density at radius 3 is 2.57 bits per heavy atom. The maximum absolute atomic E-state index is 6.20. The van der Waals surface area contributed by atoms with E-state index in [1.165, 1.54) is 5.56 Å². The second-order valence-corrected chi connectivity index (χ2v) is 6.67. The first-order valence-electron chi connectivity index (χ1n) is 9.64. The number of hydrogen-bond donors (Lipinski definition) is 2. The van der Waals surface area contributed by atoms with Crippen LogP contribution in [0.1, 0.15) is 23.6 Å². The number of ether oxygens (including phenoxy) is 2. The van der Waals surface area contributed by atoms with Gasteiger partial charge in [-0.1, -0.05) is 54.1 Å². The van der Waals surface area contributed by atoms with Gasteiger partial charge in [0.15, 0.2) is 5.96 Å². The number of aliphatic imine (C=N–C) groups is 1. The second kappa shape index (κ2) is 13.2. The van der Waals surface area contributed by atoms with E-state index in [2.05, 4.69) is 33.8 Å². The van der Waals surface area contributed by atoms with Crippen LogP contribution in [0.25, 0.3) is 0 Å².